The van der Waals surface area contributed by atoms with E-state index >= 15 is 0 Å². The van der Waals surface area contributed by atoms with Gasteiger partial charge in [0.2, 0.25) is 23.6 Å². The van der Waals surface area contributed by atoms with Crippen molar-refractivity contribution in [3.63, 3.8) is 0 Å². The first kappa shape index (κ1) is 97.4. The summed E-state index contributed by atoms with van der Waals surface area (Å²) in [5.41, 5.74) is 0. The van der Waals surface area contributed by atoms with Crippen LogP contribution in [0.4, 0.5) is 0 Å². The number of aliphatic hydroxyl groups excluding tert-OH is 26. The predicted molar refractivity (Wildman–Crippen MR) is 361 cm³/mol. The highest BCUT2D eigenvalue weighted by Crippen LogP contribution is 2.42. The molecule has 9 heterocycles. The third-order valence-electron chi connectivity index (χ3n) is 21.3. The lowest BCUT2D eigenvalue weighted by atomic mass is 9.88. The lowest BCUT2D eigenvalue weighted by Crippen LogP contribution is -2.71. The van der Waals surface area contributed by atoms with E-state index in [1.54, 1.807) is 0 Å². The van der Waals surface area contributed by atoms with Gasteiger partial charge in [-0.05, 0) is 0 Å². The molecule has 0 aromatic rings. The van der Waals surface area contributed by atoms with Gasteiger partial charge in [-0.3, -0.25) is 19.2 Å². The van der Waals surface area contributed by atoms with Gasteiger partial charge in [-0.25, -0.2) is 4.79 Å². The Balaban J connectivity index is 1.02. The molecule has 0 unspecified atom stereocenters. The Kier molecular flexibility index (Phi) is 34.7. The number of aliphatic carboxylic acids is 1. The summed E-state index contributed by atoms with van der Waals surface area (Å²) in [7, 11) is 0. The first-order valence-corrected chi connectivity index (χ1v) is 37.3. The highest BCUT2D eigenvalue weighted by molar-refractivity contribution is 5.77. The fourth-order valence-electron chi connectivity index (χ4n) is 15.2. The third-order valence-corrected chi connectivity index (χ3v) is 21.3. The summed E-state index contributed by atoms with van der Waals surface area (Å²) in [5.74, 6) is -9.14. The van der Waals surface area contributed by atoms with Gasteiger partial charge in [-0.2, -0.15) is 0 Å². The van der Waals surface area contributed by atoms with Gasteiger partial charge in [-0.15, -0.1) is 0 Å². The topological polar surface area (TPSA) is 837 Å². The molecule has 118 heavy (non-hydrogen) atoms. The fraction of sp³-hybridized carbons (Fsp3) is 0.923. The zero-order chi connectivity index (χ0) is 87.3. The number of amides is 4. The zero-order valence-corrected chi connectivity index (χ0v) is 63.1. The number of hydrogen-bond acceptors (Lipinski definition) is 48. The average molecular weight is 1730 g/mol. The van der Waals surface area contributed by atoms with Gasteiger partial charge in [0.05, 0.1) is 71.6 Å². The molecule has 9 aliphatic heterocycles. The van der Waals surface area contributed by atoms with Crippen molar-refractivity contribution >= 4 is 29.6 Å². The lowest BCUT2D eigenvalue weighted by molar-refractivity contribution is -0.400. The van der Waals surface area contributed by atoms with Crippen LogP contribution in [0.2, 0.25) is 0 Å². The maximum Gasteiger partial charge on any atom is 0.364 e. The van der Waals surface area contributed by atoms with Crippen molar-refractivity contribution in [2.75, 3.05) is 59.5 Å². The molecule has 53 nitrogen and oxygen atoms in total. The molecule has 0 spiro atoms. The third kappa shape index (κ3) is 21.2. The smallest absolute Gasteiger partial charge is 0.364 e. The molecule has 0 saturated carbocycles. The molecule has 9 aliphatic rings. The number of aliphatic hydroxyl groups is 26. The summed E-state index contributed by atoms with van der Waals surface area (Å²) in [4.78, 5) is 63.7. The lowest BCUT2D eigenvalue weighted by Gasteiger charge is -2.51. The van der Waals surface area contributed by atoms with Gasteiger partial charge >= 0.3 is 5.97 Å². The van der Waals surface area contributed by atoms with Gasteiger partial charge < -0.3 is 240 Å². The van der Waals surface area contributed by atoms with Gasteiger partial charge in [-0.1, -0.05) is 0 Å². The zero-order valence-electron chi connectivity index (χ0n) is 63.1. The van der Waals surface area contributed by atoms with Crippen molar-refractivity contribution in [3.8, 4) is 0 Å². The summed E-state index contributed by atoms with van der Waals surface area (Å²) >= 11 is 0. The number of hydrogen-bond donors (Lipinski definition) is 31. The largest absolute Gasteiger partial charge is 0.477 e. The molecule has 0 radical (unpaired) electrons. The Bertz CT molecular complexity index is 3210. The first-order chi connectivity index (χ1) is 55.7. The summed E-state index contributed by atoms with van der Waals surface area (Å²) in [5, 5.41) is 309. The average Bonchev–Trinajstić information content (AvgIpc) is 0.756. The van der Waals surface area contributed by atoms with Gasteiger partial charge in [0.25, 0.3) is 5.79 Å². The molecule has 0 aliphatic carbocycles. The van der Waals surface area contributed by atoms with Gasteiger partial charge in [0, 0.05) is 34.1 Å². The minimum atomic E-state index is -3.31. The Morgan fingerprint density at radius 3 is 1.15 bits per heavy atom. The number of carboxylic acids is 1. The number of carbonyl (C=O) groups is 5. The molecule has 53 heteroatoms. The van der Waals surface area contributed by atoms with Crippen LogP contribution in [0.1, 0.15) is 34.1 Å². The number of rotatable bonds is 32. The maximum absolute atomic E-state index is 13.2. The SMILES string of the molecule is CC(=O)N[C@@H]1[C@@H](O)[C@H](O[C@@H]2O[C@H](CO)[C@@H](O[C@@H]3O[C@H](CO[C@H]4O[C@H](CO)[C@@H](O)[C@H](O[C@H]5O[C@H](CO)[C@@H](O)[C@H](O)[C@@H]5O)[C@@H]4O)[C@@H](O)[C@H](O[C@H]4O[C@H](CO)[C@@H](O)[C@H](O)[C@@H]4O[C@@H]4O[C@H](CO)[C@@H](O[C@@H]5O[C@H](CO)[C@H](O)[C@H](O[C@]6(C(=O)O)C[C@H](O)[C@@H](NC(C)=O)[C@H]([C@H](O)[C@H](O)CO)O6)[C@H]5O)[C@H](O)[C@H]4NC(C)=O)[C@@H]3O)[C@H](O)[C@H]2NC(C)=O)[C@@H](CO)O[C@H]1O. The van der Waals surface area contributed by atoms with Crippen molar-refractivity contribution in [1.29, 1.82) is 0 Å². The first-order valence-electron chi connectivity index (χ1n) is 37.3. The second-order valence-electron chi connectivity index (χ2n) is 29.6. The molecular formula is C65H108N4O49. The normalized spacial score (nSPS) is 47.6. The summed E-state index contributed by atoms with van der Waals surface area (Å²) in [6, 6.07) is -7.45. The number of ether oxygens (including phenoxy) is 17. The second kappa shape index (κ2) is 42.1. The molecule has 0 bridgehead atoms. The molecule has 682 valence electrons. The minimum Gasteiger partial charge on any atom is -0.477 e. The Labute approximate surface area is 666 Å². The monoisotopic (exact) mass is 1730 g/mol. The molecule has 4 amide bonds. The molecule has 9 fully saturated rings. The van der Waals surface area contributed by atoms with E-state index in [1.165, 1.54) is 0 Å². The van der Waals surface area contributed by atoms with E-state index in [0.29, 0.717) is 0 Å². The van der Waals surface area contributed by atoms with E-state index in [2.05, 4.69) is 21.3 Å². The minimum absolute atomic E-state index is 0.795. The van der Waals surface area contributed by atoms with Crippen LogP contribution in [0.5, 0.6) is 0 Å². The van der Waals surface area contributed by atoms with Crippen molar-refractivity contribution in [1.82, 2.24) is 21.3 Å². The fourth-order valence-corrected chi connectivity index (χ4v) is 15.2. The Morgan fingerprint density at radius 1 is 0.347 bits per heavy atom. The summed E-state index contributed by atoms with van der Waals surface area (Å²) in [6.45, 7) is -6.66. The van der Waals surface area contributed by atoms with Crippen LogP contribution >= 0.6 is 0 Å². The molecule has 9 rings (SSSR count). The van der Waals surface area contributed by atoms with Crippen LogP contribution in [-0.2, 0) is 104 Å². The van der Waals surface area contributed by atoms with Gasteiger partial charge in [0.1, 0.15) is 213 Å². The Morgan fingerprint density at radius 2 is 0.686 bits per heavy atom. The van der Waals surface area contributed by atoms with Gasteiger partial charge in [0.15, 0.2) is 50.3 Å². The van der Waals surface area contributed by atoms with Crippen molar-refractivity contribution in [2.24, 2.45) is 0 Å². The van der Waals surface area contributed by atoms with E-state index in [9.17, 15) is 162 Å². The highest BCUT2D eigenvalue weighted by atomic mass is 16.8. The highest BCUT2D eigenvalue weighted by Gasteiger charge is 2.63. The van der Waals surface area contributed by atoms with Crippen LogP contribution in [-0.4, -0.2) is 509 Å². The molecule has 0 aromatic carbocycles. The van der Waals surface area contributed by atoms with E-state index < -0.39 is 377 Å². The van der Waals surface area contributed by atoms with E-state index in [1.807, 2.05) is 0 Å². The molecule has 0 aromatic heterocycles. The molecule has 46 atom stereocenters. The number of carboxylic acid groups (broad SMARTS) is 1. The van der Waals surface area contributed by atoms with E-state index in [0.717, 1.165) is 27.7 Å². The summed E-state index contributed by atoms with van der Waals surface area (Å²) in [6.07, 6.45) is -90.3. The number of carbonyl (C=O) groups excluding carboxylic acids is 4. The Hall–Kier alpha value is -4.37. The quantitative estimate of drug-likeness (QED) is 0.0297. The van der Waals surface area contributed by atoms with Crippen molar-refractivity contribution in [3.05, 3.63) is 0 Å². The van der Waals surface area contributed by atoms with Crippen molar-refractivity contribution in [2.45, 2.75) is 316 Å². The van der Waals surface area contributed by atoms with Crippen LogP contribution in [0, 0.1) is 0 Å². The molecule has 9 saturated heterocycles. The molecular weight excluding hydrogens is 1620 g/mol. The van der Waals surface area contributed by atoms with E-state index in [-0.39, 0.29) is 0 Å². The van der Waals surface area contributed by atoms with Crippen LogP contribution in [0.3, 0.4) is 0 Å². The van der Waals surface area contributed by atoms with Crippen LogP contribution in [0.25, 0.3) is 0 Å². The standard InChI is InChI=1S/C65H108N4O49/c1-15(78)66-29-19(82)5-65(64(100)101,117-51(29)33(84)20(83)6-70)118-54-37(88)24(10-74)106-62(47(54)98)113-50-27(13-77)109-58(32(41(50)92)69-18(4)81)116-55-43(94)35(86)22(8-72)107-63(55)115-53-38(89)28(14-102-59-45(96)52(36(87)23(9-73)104-59)114-60-44(95)42(93)34(85)21(7-71)105-60)110-61(46(53)97)112-49-26(12-76)108-57(31(40(49)91)68-17(3)80)111-48-25(11-75)103-56(99)30(39(48)90)67-16(2)79/h19-63,70-77,82-99H,5-14H2,1-4H3,(H,66,78)(H,67,79)(H,68,80)(H,69,81)(H,100,101)/t19-,20+,21+,22+,23+,24+,25+,26+,27+,28+,29+,30+,31+,32+,33+,34+,35+,36+,37-,38+,39+,40+,41+,42-,43-,44-,45-,46-,47+,48+,49+,50+,51+,52-,53-,54-,55-,56+,57-,58-,59-,60+,61-,62-,63+,65-/m0/s1. The van der Waals surface area contributed by atoms with Crippen LogP contribution < -0.4 is 21.3 Å². The summed E-state index contributed by atoms with van der Waals surface area (Å²) < 4.78 is 99.6. The molecule has 31 N–H and O–H groups in total. The second-order valence-corrected chi connectivity index (χ2v) is 29.6. The predicted octanol–water partition coefficient (Wildman–Crippen LogP) is -20.8. The van der Waals surface area contributed by atoms with Crippen LogP contribution in [0.15, 0.2) is 0 Å². The maximum atomic E-state index is 13.2. The number of nitrogens with one attached hydrogen (secondary N) is 4. The van der Waals surface area contributed by atoms with E-state index in [4.69, 9.17) is 80.5 Å². The van der Waals surface area contributed by atoms with Crippen molar-refractivity contribution < 1.29 is 242 Å².